The Hall–Kier alpha value is -1.45. The molecule has 0 unspecified atom stereocenters. The molecule has 0 bridgehead atoms. The second-order valence-corrected chi connectivity index (χ2v) is 3.81. The van der Waals surface area contributed by atoms with Crippen LogP contribution in [0.25, 0.3) is 5.78 Å². The number of hydrogen-bond acceptors (Lipinski definition) is 3. The van der Waals surface area contributed by atoms with Gasteiger partial charge in [-0.3, -0.25) is 0 Å². The van der Waals surface area contributed by atoms with E-state index in [9.17, 15) is 0 Å². The predicted octanol–water partition coefficient (Wildman–Crippen LogP) is 1.31. The first-order chi connectivity index (χ1) is 6.84. The van der Waals surface area contributed by atoms with Gasteiger partial charge in [0.15, 0.2) is 0 Å². The number of aromatic nitrogens is 4. The Kier molecular flexibility index (Phi) is 1.56. The van der Waals surface area contributed by atoms with E-state index < -0.39 is 0 Å². The van der Waals surface area contributed by atoms with Crippen molar-refractivity contribution in [2.75, 3.05) is 0 Å². The first-order valence-electron chi connectivity index (χ1n) is 5.05. The van der Waals surface area contributed by atoms with Crippen molar-refractivity contribution < 1.29 is 0 Å². The van der Waals surface area contributed by atoms with Gasteiger partial charge in [0.05, 0.1) is 5.69 Å². The van der Waals surface area contributed by atoms with Crippen LogP contribution in [0.4, 0.5) is 0 Å². The molecule has 72 valence electrons. The highest BCUT2D eigenvalue weighted by Gasteiger charge is 2.14. The van der Waals surface area contributed by atoms with E-state index in [-0.39, 0.29) is 0 Å². The van der Waals surface area contributed by atoms with Gasteiger partial charge >= 0.3 is 0 Å². The maximum Gasteiger partial charge on any atom is 0.252 e. The van der Waals surface area contributed by atoms with Crippen molar-refractivity contribution in [1.82, 2.24) is 19.6 Å². The van der Waals surface area contributed by atoms with Crippen molar-refractivity contribution in [3.63, 3.8) is 0 Å². The molecule has 1 aliphatic rings. The summed E-state index contributed by atoms with van der Waals surface area (Å²) in [5.74, 6) is 1.54. The summed E-state index contributed by atoms with van der Waals surface area (Å²) < 4.78 is 1.91. The molecule has 0 saturated heterocycles. The first-order valence-corrected chi connectivity index (χ1v) is 5.05. The van der Waals surface area contributed by atoms with Gasteiger partial charge in [-0.1, -0.05) is 0 Å². The minimum absolute atomic E-state index is 0.739. The average molecular weight is 188 g/mol. The van der Waals surface area contributed by atoms with Crippen LogP contribution in [-0.2, 0) is 12.8 Å². The number of hydrogen-bond donors (Lipinski definition) is 0. The molecule has 0 N–H and O–H groups in total. The van der Waals surface area contributed by atoms with E-state index in [0.29, 0.717) is 0 Å². The summed E-state index contributed by atoms with van der Waals surface area (Å²) in [5.41, 5.74) is 2.65. The van der Waals surface area contributed by atoms with Crippen molar-refractivity contribution >= 4 is 5.78 Å². The van der Waals surface area contributed by atoms with Gasteiger partial charge in [0.1, 0.15) is 5.82 Å². The number of nitrogens with zero attached hydrogens (tertiary/aromatic N) is 4. The monoisotopic (exact) mass is 188 g/mol. The van der Waals surface area contributed by atoms with E-state index >= 15 is 0 Å². The third kappa shape index (κ3) is 1.03. The molecule has 4 nitrogen and oxygen atoms in total. The molecule has 4 heteroatoms. The Morgan fingerprint density at radius 3 is 3.07 bits per heavy atom. The molecule has 0 aliphatic heterocycles. The predicted molar refractivity (Wildman–Crippen MR) is 52.2 cm³/mol. The molecule has 0 aromatic carbocycles. The molecule has 0 radical (unpaired) electrons. The standard InChI is InChI=1S/C10H12N4/c1-7-12-10-11-6-8-4-2-3-5-9(8)14(10)13-7/h6H,2-5H2,1H3. The van der Waals surface area contributed by atoms with Gasteiger partial charge < -0.3 is 0 Å². The van der Waals surface area contributed by atoms with Crippen molar-refractivity contribution in [2.45, 2.75) is 32.6 Å². The van der Waals surface area contributed by atoms with Gasteiger partial charge in [0, 0.05) is 6.20 Å². The Morgan fingerprint density at radius 1 is 1.29 bits per heavy atom. The van der Waals surface area contributed by atoms with Crippen LogP contribution in [0.5, 0.6) is 0 Å². The molecule has 0 amide bonds. The van der Waals surface area contributed by atoms with Crippen molar-refractivity contribution in [2.24, 2.45) is 0 Å². The smallest absolute Gasteiger partial charge is 0.219 e. The van der Waals surface area contributed by atoms with Crippen LogP contribution >= 0.6 is 0 Å². The maximum atomic E-state index is 4.37. The highest BCUT2D eigenvalue weighted by molar-refractivity contribution is 5.33. The zero-order chi connectivity index (χ0) is 9.54. The average Bonchev–Trinajstić information content (AvgIpc) is 2.59. The quantitative estimate of drug-likeness (QED) is 0.626. The number of rotatable bonds is 0. The zero-order valence-electron chi connectivity index (χ0n) is 8.19. The van der Waals surface area contributed by atoms with Gasteiger partial charge in [-0.2, -0.15) is 10.1 Å². The molecule has 2 aromatic rings. The van der Waals surface area contributed by atoms with Gasteiger partial charge in [-0.25, -0.2) is 9.50 Å². The summed E-state index contributed by atoms with van der Waals surface area (Å²) in [7, 11) is 0. The lowest BCUT2D eigenvalue weighted by Gasteiger charge is -2.14. The first kappa shape index (κ1) is 7.91. The Bertz CT molecular complexity index is 486. The minimum Gasteiger partial charge on any atom is -0.219 e. The lowest BCUT2D eigenvalue weighted by atomic mass is 9.98. The van der Waals surface area contributed by atoms with Gasteiger partial charge in [-0.05, 0) is 38.2 Å². The molecule has 0 fully saturated rings. The molecule has 14 heavy (non-hydrogen) atoms. The molecular formula is C10H12N4. The molecule has 0 spiro atoms. The Balaban J connectivity index is 2.33. The third-order valence-corrected chi connectivity index (χ3v) is 2.77. The highest BCUT2D eigenvalue weighted by atomic mass is 15.3. The van der Waals surface area contributed by atoms with Gasteiger partial charge in [0.2, 0.25) is 0 Å². The van der Waals surface area contributed by atoms with Gasteiger partial charge in [0.25, 0.3) is 5.78 Å². The van der Waals surface area contributed by atoms with Gasteiger partial charge in [-0.15, -0.1) is 0 Å². The van der Waals surface area contributed by atoms with Crippen LogP contribution in [0.2, 0.25) is 0 Å². The van der Waals surface area contributed by atoms with E-state index in [1.807, 2.05) is 17.6 Å². The molecule has 3 rings (SSSR count). The summed E-state index contributed by atoms with van der Waals surface area (Å²) >= 11 is 0. The Morgan fingerprint density at radius 2 is 2.14 bits per heavy atom. The van der Waals surface area contributed by atoms with E-state index in [1.54, 1.807) is 0 Å². The third-order valence-electron chi connectivity index (χ3n) is 2.77. The summed E-state index contributed by atoms with van der Waals surface area (Å²) in [6.07, 6.45) is 6.73. The summed E-state index contributed by atoms with van der Waals surface area (Å²) in [6.45, 7) is 1.91. The molecule has 0 atom stereocenters. The molecule has 0 saturated carbocycles. The minimum atomic E-state index is 0.739. The number of fused-ring (bicyclic) bond motifs is 3. The summed E-state index contributed by atoms with van der Waals surface area (Å²) in [5, 5.41) is 4.37. The van der Waals surface area contributed by atoms with Crippen molar-refractivity contribution in [1.29, 1.82) is 0 Å². The van der Waals surface area contributed by atoms with Crippen LogP contribution in [0, 0.1) is 6.92 Å². The van der Waals surface area contributed by atoms with E-state index in [4.69, 9.17) is 0 Å². The molecule has 2 heterocycles. The SMILES string of the molecule is Cc1nc2ncc3c(n2n1)CCCC3. The zero-order valence-corrected chi connectivity index (χ0v) is 8.19. The highest BCUT2D eigenvalue weighted by Crippen LogP contribution is 2.20. The van der Waals surface area contributed by atoms with E-state index in [2.05, 4.69) is 15.1 Å². The second kappa shape index (κ2) is 2.77. The fourth-order valence-corrected chi connectivity index (χ4v) is 2.10. The van der Waals surface area contributed by atoms with Crippen LogP contribution in [0.3, 0.4) is 0 Å². The van der Waals surface area contributed by atoms with Crippen molar-refractivity contribution in [3.05, 3.63) is 23.3 Å². The van der Waals surface area contributed by atoms with Crippen LogP contribution in [0.1, 0.15) is 29.9 Å². The fraction of sp³-hybridized carbons (Fsp3) is 0.500. The fourth-order valence-electron chi connectivity index (χ4n) is 2.10. The van der Waals surface area contributed by atoms with E-state index in [1.165, 1.54) is 24.1 Å². The largest absolute Gasteiger partial charge is 0.252 e. The Labute approximate surface area is 82.0 Å². The topological polar surface area (TPSA) is 43.1 Å². The van der Waals surface area contributed by atoms with Crippen molar-refractivity contribution in [3.8, 4) is 0 Å². The summed E-state index contributed by atoms with van der Waals surface area (Å²) in [6, 6.07) is 0. The van der Waals surface area contributed by atoms with E-state index in [0.717, 1.165) is 24.4 Å². The maximum absolute atomic E-state index is 4.37. The lowest BCUT2D eigenvalue weighted by molar-refractivity contribution is 0.639. The van der Waals surface area contributed by atoms with Crippen LogP contribution in [-0.4, -0.2) is 19.6 Å². The normalized spacial score (nSPS) is 15.8. The molecular weight excluding hydrogens is 176 g/mol. The second-order valence-electron chi connectivity index (χ2n) is 3.81. The lowest BCUT2D eigenvalue weighted by Crippen LogP contribution is -2.10. The van der Waals surface area contributed by atoms with Crippen LogP contribution < -0.4 is 0 Å². The van der Waals surface area contributed by atoms with Crippen LogP contribution in [0.15, 0.2) is 6.20 Å². The summed E-state index contributed by atoms with van der Waals surface area (Å²) in [4.78, 5) is 8.57. The number of aryl methyl sites for hydroxylation is 3. The molecule has 1 aliphatic carbocycles. The molecule has 2 aromatic heterocycles.